The number of nitrogens with zero attached hydrogens (tertiary/aromatic N) is 1. The maximum atomic E-state index is 10.5. The van der Waals surface area contributed by atoms with Crippen molar-refractivity contribution in [2.75, 3.05) is 11.5 Å². The van der Waals surface area contributed by atoms with E-state index < -0.39 is 4.92 Å². The van der Waals surface area contributed by atoms with Gasteiger partial charge in [0.2, 0.25) is 0 Å². The van der Waals surface area contributed by atoms with E-state index in [1.807, 2.05) is 6.08 Å². The molecule has 1 rings (SSSR count). The van der Waals surface area contributed by atoms with E-state index in [9.17, 15) is 10.1 Å². The maximum absolute atomic E-state index is 10.5. The fourth-order valence-corrected chi connectivity index (χ4v) is 1.25. The van der Waals surface area contributed by atoms with Crippen LogP contribution in [0.4, 0.5) is 11.4 Å². The molecule has 4 nitrogen and oxygen atoms in total. The molecule has 0 radical (unpaired) electrons. The lowest BCUT2D eigenvalue weighted by atomic mass is 10.1. The summed E-state index contributed by atoms with van der Waals surface area (Å²) in [7, 11) is 0. The molecule has 0 unspecified atom stereocenters. The van der Waals surface area contributed by atoms with Crippen molar-refractivity contribution in [3.8, 4) is 0 Å². The Morgan fingerprint density at radius 2 is 2.27 bits per heavy atom. The molecule has 0 aliphatic carbocycles. The van der Waals surface area contributed by atoms with E-state index in [-0.39, 0.29) is 5.69 Å². The van der Waals surface area contributed by atoms with E-state index in [0.29, 0.717) is 11.3 Å². The Labute approximate surface area is 93.3 Å². The van der Waals surface area contributed by atoms with Gasteiger partial charge >= 0.3 is 0 Å². The largest absolute Gasteiger partial charge is 0.398 e. The highest BCUT2D eigenvalue weighted by Gasteiger charge is 2.06. The number of thiol groups is 1. The molecule has 0 aromatic heterocycles. The average Bonchev–Trinajstić information content (AvgIpc) is 2.20. The molecule has 1 aromatic rings. The van der Waals surface area contributed by atoms with Gasteiger partial charge in [-0.25, -0.2) is 0 Å². The summed E-state index contributed by atoms with van der Waals surface area (Å²) in [6, 6.07) is 4.40. The Morgan fingerprint density at radius 3 is 2.87 bits per heavy atom. The smallest absolute Gasteiger partial charge is 0.270 e. The van der Waals surface area contributed by atoms with E-state index in [1.54, 1.807) is 12.1 Å². The summed E-state index contributed by atoms with van der Waals surface area (Å²) >= 11 is 4.06. The van der Waals surface area contributed by atoms with Crippen LogP contribution in [-0.2, 0) is 0 Å². The lowest BCUT2D eigenvalue weighted by Crippen LogP contribution is -1.93. The van der Waals surface area contributed by atoms with Crippen LogP contribution >= 0.6 is 12.6 Å². The van der Waals surface area contributed by atoms with Gasteiger partial charge in [0.25, 0.3) is 5.69 Å². The predicted molar refractivity (Wildman–Crippen MR) is 65.0 cm³/mol. The summed E-state index contributed by atoms with van der Waals surface area (Å²) in [6.07, 6.45) is 4.48. The Morgan fingerprint density at radius 1 is 1.53 bits per heavy atom. The molecule has 1 aromatic carbocycles. The first-order valence-electron chi connectivity index (χ1n) is 4.46. The molecule has 0 heterocycles. The Hall–Kier alpha value is -1.49. The third-order valence-corrected chi connectivity index (χ3v) is 2.13. The minimum Gasteiger partial charge on any atom is -0.398 e. The van der Waals surface area contributed by atoms with Gasteiger partial charge in [-0.2, -0.15) is 12.6 Å². The Kier molecular flexibility index (Phi) is 4.17. The van der Waals surface area contributed by atoms with Gasteiger partial charge in [0.15, 0.2) is 0 Å². The van der Waals surface area contributed by atoms with Gasteiger partial charge in [0, 0.05) is 23.4 Å². The quantitative estimate of drug-likeness (QED) is 0.357. The third kappa shape index (κ3) is 3.28. The highest BCUT2D eigenvalue weighted by molar-refractivity contribution is 7.80. The third-order valence-electron chi connectivity index (χ3n) is 1.87. The number of nitrogens with two attached hydrogens (primary N) is 1. The number of allylic oxidation sites excluding steroid dienone is 1. The first-order chi connectivity index (χ1) is 7.15. The zero-order chi connectivity index (χ0) is 11.3. The summed E-state index contributed by atoms with van der Waals surface area (Å²) in [4.78, 5) is 10.1. The van der Waals surface area contributed by atoms with Crippen LogP contribution < -0.4 is 5.73 Å². The lowest BCUT2D eigenvalue weighted by Gasteiger charge is -1.99. The first-order valence-corrected chi connectivity index (χ1v) is 5.09. The molecule has 0 spiro atoms. The molecule has 0 atom stereocenters. The van der Waals surface area contributed by atoms with Crippen molar-refractivity contribution in [1.82, 2.24) is 0 Å². The number of rotatable bonds is 4. The van der Waals surface area contributed by atoms with Crippen LogP contribution in [0.2, 0.25) is 0 Å². The van der Waals surface area contributed by atoms with Crippen molar-refractivity contribution >= 4 is 30.1 Å². The molecule has 15 heavy (non-hydrogen) atoms. The van der Waals surface area contributed by atoms with Crippen molar-refractivity contribution in [1.29, 1.82) is 0 Å². The SMILES string of the molecule is Nc1ccc([N+](=O)[O-])cc1C=CCCS. The zero-order valence-electron chi connectivity index (χ0n) is 8.09. The number of nitro benzene ring substituents is 1. The van der Waals surface area contributed by atoms with Crippen LogP contribution in [0.3, 0.4) is 0 Å². The highest BCUT2D eigenvalue weighted by Crippen LogP contribution is 2.20. The van der Waals surface area contributed by atoms with E-state index >= 15 is 0 Å². The monoisotopic (exact) mass is 224 g/mol. The zero-order valence-corrected chi connectivity index (χ0v) is 8.98. The van der Waals surface area contributed by atoms with E-state index in [1.165, 1.54) is 12.1 Å². The van der Waals surface area contributed by atoms with Gasteiger partial charge in [0.1, 0.15) is 0 Å². The first kappa shape index (κ1) is 11.6. The van der Waals surface area contributed by atoms with Crippen molar-refractivity contribution in [3.05, 3.63) is 40.0 Å². The van der Waals surface area contributed by atoms with Gasteiger partial charge in [-0.1, -0.05) is 12.2 Å². The highest BCUT2D eigenvalue weighted by atomic mass is 32.1. The van der Waals surface area contributed by atoms with Gasteiger partial charge in [-0.05, 0) is 18.2 Å². The minimum absolute atomic E-state index is 0.0507. The van der Waals surface area contributed by atoms with Crippen LogP contribution in [0.1, 0.15) is 12.0 Å². The molecular weight excluding hydrogens is 212 g/mol. The second-order valence-electron chi connectivity index (χ2n) is 2.98. The standard InChI is InChI=1S/C10H12N2O2S/c11-10-5-4-9(12(13)14)7-8(10)3-1-2-6-15/h1,3-5,7,15H,2,6,11H2. The number of hydrogen-bond donors (Lipinski definition) is 2. The molecule has 0 bridgehead atoms. The average molecular weight is 224 g/mol. The van der Waals surface area contributed by atoms with Gasteiger partial charge < -0.3 is 5.73 Å². The van der Waals surface area contributed by atoms with Crippen molar-refractivity contribution < 1.29 is 4.92 Å². The summed E-state index contributed by atoms with van der Waals surface area (Å²) in [5, 5.41) is 10.5. The van der Waals surface area contributed by atoms with Crippen LogP contribution in [0.25, 0.3) is 6.08 Å². The molecule has 0 aliphatic heterocycles. The summed E-state index contributed by atoms with van der Waals surface area (Å²) in [5.41, 5.74) is 6.94. The van der Waals surface area contributed by atoms with Gasteiger partial charge in [0.05, 0.1) is 4.92 Å². The van der Waals surface area contributed by atoms with Crippen molar-refractivity contribution in [2.24, 2.45) is 0 Å². The molecule has 0 saturated heterocycles. The number of benzene rings is 1. The fourth-order valence-electron chi connectivity index (χ4n) is 1.10. The fraction of sp³-hybridized carbons (Fsp3) is 0.200. The van der Waals surface area contributed by atoms with E-state index in [4.69, 9.17) is 5.73 Å². The molecule has 2 N–H and O–H groups in total. The Bertz CT molecular complexity index is 391. The summed E-state index contributed by atoms with van der Waals surface area (Å²) in [5.74, 6) is 0.741. The predicted octanol–water partition coefficient (Wildman–Crippen LogP) is 2.51. The molecule has 5 heteroatoms. The summed E-state index contributed by atoms with van der Waals surface area (Å²) < 4.78 is 0. The second-order valence-corrected chi connectivity index (χ2v) is 3.43. The number of nitro groups is 1. The molecule has 0 amide bonds. The topological polar surface area (TPSA) is 69.2 Å². The van der Waals surface area contributed by atoms with E-state index in [0.717, 1.165) is 12.2 Å². The minimum atomic E-state index is -0.435. The van der Waals surface area contributed by atoms with Gasteiger partial charge in [-0.15, -0.1) is 0 Å². The summed E-state index contributed by atoms with van der Waals surface area (Å²) in [6.45, 7) is 0. The molecule has 0 aliphatic rings. The molecular formula is C10H12N2O2S. The van der Waals surface area contributed by atoms with Gasteiger partial charge in [-0.3, -0.25) is 10.1 Å². The van der Waals surface area contributed by atoms with Crippen molar-refractivity contribution in [3.63, 3.8) is 0 Å². The Balaban J connectivity index is 2.95. The van der Waals surface area contributed by atoms with E-state index in [2.05, 4.69) is 12.6 Å². The number of anilines is 1. The van der Waals surface area contributed by atoms with Crippen molar-refractivity contribution in [2.45, 2.75) is 6.42 Å². The molecule has 0 fully saturated rings. The normalized spacial score (nSPS) is 10.7. The lowest BCUT2D eigenvalue weighted by molar-refractivity contribution is -0.384. The number of hydrogen-bond acceptors (Lipinski definition) is 4. The van der Waals surface area contributed by atoms with Crippen LogP contribution in [0.15, 0.2) is 24.3 Å². The second kappa shape index (κ2) is 5.41. The number of nitrogen functional groups attached to an aromatic ring is 1. The number of non-ortho nitro benzene ring substituents is 1. The van der Waals surface area contributed by atoms with Crippen LogP contribution in [-0.4, -0.2) is 10.7 Å². The molecule has 80 valence electrons. The van der Waals surface area contributed by atoms with Crippen LogP contribution in [0, 0.1) is 10.1 Å². The molecule has 0 saturated carbocycles. The maximum Gasteiger partial charge on any atom is 0.270 e. The van der Waals surface area contributed by atoms with Crippen LogP contribution in [0.5, 0.6) is 0 Å².